The lowest BCUT2D eigenvalue weighted by atomic mass is 10.3. The molecule has 3 N–H and O–H groups in total. The van der Waals surface area contributed by atoms with Crippen LogP contribution in [0.2, 0.25) is 0 Å². The Kier molecular flexibility index (Phi) is 4.44. The summed E-state index contributed by atoms with van der Waals surface area (Å²) in [5.74, 6) is -1.43. The van der Waals surface area contributed by atoms with Crippen LogP contribution in [0.5, 0.6) is 0 Å². The molecule has 0 spiro atoms. The molecule has 8 heteroatoms. The number of ether oxygens (including phenoxy) is 1. The highest BCUT2D eigenvalue weighted by molar-refractivity contribution is 5.91. The molecule has 0 unspecified atom stereocenters. The number of carbonyl (C=O) groups excluding carboxylic acids is 1. The number of carboxylic acid groups (broad SMARTS) is 1. The third-order valence-corrected chi connectivity index (χ3v) is 2.00. The van der Waals surface area contributed by atoms with Crippen LogP contribution < -0.4 is 5.73 Å². The fourth-order valence-corrected chi connectivity index (χ4v) is 1.21. The Balaban J connectivity index is 2.63. The van der Waals surface area contributed by atoms with Crippen LogP contribution in [-0.4, -0.2) is 38.6 Å². The SMILES string of the molecule is CCOC(=O)c1nnn(CCCC(=O)O)c1N. The highest BCUT2D eigenvalue weighted by Gasteiger charge is 2.18. The minimum Gasteiger partial charge on any atom is -0.481 e. The minimum absolute atomic E-state index is 0.00798. The van der Waals surface area contributed by atoms with Crippen molar-refractivity contribution in [2.24, 2.45) is 0 Å². The number of hydrogen-bond acceptors (Lipinski definition) is 6. The summed E-state index contributed by atoms with van der Waals surface area (Å²) >= 11 is 0. The van der Waals surface area contributed by atoms with Crippen molar-refractivity contribution in [3.63, 3.8) is 0 Å². The van der Waals surface area contributed by atoms with Crippen LogP contribution in [0, 0.1) is 0 Å². The van der Waals surface area contributed by atoms with Gasteiger partial charge in [-0.1, -0.05) is 5.21 Å². The average Bonchev–Trinajstić information content (AvgIpc) is 2.60. The van der Waals surface area contributed by atoms with Gasteiger partial charge in [0.1, 0.15) is 0 Å². The summed E-state index contributed by atoms with van der Waals surface area (Å²) in [6.07, 6.45) is 0.374. The Morgan fingerprint density at radius 2 is 2.24 bits per heavy atom. The Morgan fingerprint density at radius 3 is 2.82 bits per heavy atom. The van der Waals surface area contributed by atoms with Crippen molar-refractivity contribution in [1.29, 1.82) is 0 Å². The van der Waals surface area contributed by atoms with E-state index >= 15 is 0 Å². The molecule has 0 atom stereocenters. The average molecular weight is 242 g/mol. The lowest BCUT2D eigenvalue weighted by Gasteiger charge is -2.02. The van der Waals surface area contributed by atoms with Crippen LogP contribution in [0.15, 0.2) is 0 Å². The van der Waals surface area contributed by atoms with Gasteiger partial charge in [-0.3, -0.25) is 4.79 Å². The second kappa shape index (κ2) is 5.83. The van der Waals surface area contributed by atoms with E-state index in [1.165, 1.54) is 4.68 Å². The van der Waals surface area contributed by atoms with Gasteiger partial charge in [-0.25, -0.2) is 9.48 Å². The van der Waals surface area contributed by atoms with Crippen LogP contribution in [0.25, 0.3) is 0 Å². The molecule has 8 nitrogen and oxygen atoms in total. The maximum absolute atomic E-state index is 11.3. The fraction of sp³-hybridized carbons (Fsp3) is 0.556. The zero-order valence-corrected chi connectivity index (χ0v) is 9.42. The molecule has 17 heavy (non-hydrogen) atoms. The lowest BCUT2D eigenvalue weighted by molar-refractivity contribution is -0.137. The van der Waals surface area contributed by atoms with Crippen molar-refractivity contribution in [2.75, 3.05) is 12.3 Å². The first-order valence-electron chi connectivity index (χ1n) is 5.14. The second-order valence-corrected chi connectivity index (χ2v) is 3.26. The molecule has 0 saturated heterocycles. The van der Waals surface area contributed by atoms with E-state index in [1.807, 2.05) is 0 Å². The smallest absolute Gasteiger partial charge is 0.362 e. The van der Waals surface area contributed by atoms with E-state index < -0.39 is 11.9 Å². The highest BCUT2D eigenvalue weighted by atomic mass is 16.5. The van der Waals surface area contributed by atoms with Crippen LogP contribution in [0.1, 0.15) is 30.3 Å². The van der Waals surface area contributed by atoms with Gasteiger partial charge in [-0.05, 0) is 13.3 Å². The Morgan fingerprint density at radius 1 is 1.53 bits per heavy atom. The number of esters is 1. The second-order valence-electron chi connectivity index (χ2n) is 3.26. The Hall–Kier alpha value is -2.12. The first-order chi connectivity index (χ1) is 8.06. The molecule has 0 aromatic carbocycles. The molecule has 1 rings (SSSR count). The molecule has 1 aromatic rings. The Labute approximate surface area is 97.4 Å². The monoisotopic (exact) mass is 242 g/mol. The van der Waals surface area contributed by atoms with E-state index in [1.54, 1.807) is 6.92 Å². The van der Waals surface area contributed by atoms with E-state index in [2.05, 4.69) is 10.3 Å². The molecule has 0 saturated carbocycles. The number of carboxylic acids is 1. The predicted octanol–water partition coefficient (Wildman–Crippen LogP) is -0.0982. The zero-order valence-electron chi connectivity index (χ0n) is 9.42. The molecule has 0 radical (unpaired) electrons. The molecule has 0 aliphatic heterocycles. The van der Waals surface area contributed by atoms with Crippen molar-refractivity contribution in [3.8, 4) is 0 Å². The summed E-state index contributed by atoms with van der Waals surface area (Å²) < 4.78 is 6.02. The van der Waals surface area contributed by atoms with E-state index in [0.29, 0.717) is 13.0 Å². The number of nitrogens with two attached hydrogens (primary N) is 1. The van der Waals surface area contributed by atoms with E-state index in [9.17, 15) is 9.59 Å². The fourth-order valence-electron chi connectivity index (χ4n) is 1.21. The van der Waals surface area contributed by atoms with Gasteiger partial charge in [0.15, 0.2) is 5.82 Å². The lowest BCUT2D eigenvalue weighted by Crippen LogP contribution is -2.11. The van der Waals surface area contributed by atoms with Gasteiger partial charge in [-0.15, -0.1) is 5.10 Å². The number of anilines is 1. The molecule has 94 valence electrons. The van der Waals surface area contributed by atoms with Gasteiger partial charge in [0.2, 0.25) is 5.69 Å². The van der Waals surface area contributed by atoms with Crippen LogP contribution in [-0.2, 0) is 16.1 Å². The van der Waals surface area contributed by atoms with Crippen LogP contribution >= 0.6 is 0 Å². The summed E-state index contributed by atoms with van der Waals surface area (Å²) in [4.78, 5) is 21.7. The van der Waals surface area contributed by atoms with Crippen LogP contribution in [0.3, 0.4) is 0 Å². The molecule has 0 amide bonds. The molecule has 0 aliphatic carbocycles. The normalized spacial score (nSPS) is 10.2. The maximum Gasteiger partial charge on any atom is 0.362 e. The third-order valence-electron chi connectivity index (χ3n) is 2.00. The topological polar surface area (TPSA) is 120 Å². The summed E-state index contributed by atoms with van der Waals surface area (Å²) in [5, 5.41) is 15.7. The molecule has 0 aliphatic rings. The molecule has 0 bridgehead atoms. The minimum atomic E-state index is -0.894. The molecular formula is C9H14N4O4. The van der Waals surface area contributed by atoms with Gasteiger partial charge in [0, 0.05) is 13.0 Å². The van der Waals surface area contributed by atoms with Gasteiger partial charge in [-0.2, -0.15) is 0 Å². The maximum atomic E-state index is 11.3. The number of hydrogen-bond donors (Lipinski definition) is 2. The Bertz CT molecular complexity index is 415. The summed E-state index contributed by atoms with van der Waals surface area (Å²) in [6, 6.07) is 0. The van der Waals surface area contributed by atoms with Gasteiger partial charge in [0.05, 0.1) is 6.61 Å². The van der Waals surface area contributed by atoms with Gasteiger partial charge < -0.3 is 15.6 Å². The first kappa shape index (κ1) is 12.9. The quantitative estimate of drug-likeness (QED) is 0.668. The zero-order chi connectivity index (χ0) is 12.8. The van der Waals surface area contributed by atoms with Gasteiger partial charge >= 0.3 is 11.9 Å². The number of nitrogen functional groups attached to an aromatic ring is 1. The molecular weight excluding hydrogens is 228 g/mol. The van der Waals surface area contributed by atoms with E-state index in [-0.39, 0.29) is 24.5 Å². The molecule has 1 aromatic heterocycles. The van der Waals surface area contributed by atoms with Crippen molar-refractivity contribution in [3.05, 3.63) is 5.69 Å². The molecule has 1 heterocycles. The van der Waals surface area contributed by atoms with E-state index in [4.69, 9.17) is 15.6 Å². The van der Waals surface area contributed by atoms with Crippen molar-refractivity contribution >= 4 is 17.8 Å². The summed E-state index contributed by atoms with van der Waals surface area (Å²) in [6.45, 7) is 2.19. The third kappa shape index (κ3) is 3.44. The summed E-state index contributed by atoms with van der Waals surface area (Å²) in [5.41, 5.74) is 5.60. The van der Waals surface area contributed by atoms with E-state index in [0.717, 1.165) is 0 Å². The highest BCUT2D eigenvalue weighted by Crippen LogP contribution is 2.10. The van der Waals surface area contributed by atoms with Crippen molar-refractivity contribution in [2.45, 2.75) is 26.3 Å². The number of aromatic nitrogens is 3. The van der Waals surface area contributed by atoms with Gasteiger partial charge in [0.25, 0.3) is 0 Å². The number of nitrogens with zero attached hydrogens (tertiary/aromatic N) is 3. The summed E-state index contributed by atoms with van der Waals surface area (Å²) in [7, 11) is 0. The van der Waals surface area contributed by atoms with Crippen LogP contribution in [0.4, 0.5) is 5.82 Å². The molecule has 0 fully saturated rings. The number of rotatable bonds is 6. The first-order valence-corrected chi connectivity index (χ1v) is 5.14. The van der Waals surface area contributed by atoms with Crippen molar-refractivity contribution < 1.29 is 19.4 Å². The van der Waals surface area contributed by atoms with Crippen molar-refractivity contribution in [1.82, 2.24) is 15.0 Å². The predicted molar refractivity (Wildman–Crippen MR) is 57.3 cm³/mol. The number of aryl methyl sites for hydroxylation is 1. The number of aliphatic carboxylic acids is 1. The standard InChI is InChI=1S/C9H14N4O4/c1-2-17-9(16)7-8(10)13(12-11-7)5-3-4-6(14)15/h2-5,10H2,1H3,(H,14,15). The number of carbonyl (C=O) groups is 2. The largest absolute Gasteiger partial charge is 0.481 e.